The first-order valence-electron chi connectivity index (χ1n) is 9.68. The molecule has 0 amide bonds. The van der Waals surface area contributed by atoms with Crippen molar-refractivity contribution in [3.8, 4) is 17.0 Å². The van der Waals surface area contributed by atoms with Crippen molar-refractivity contribution in [3.63, 3.8) is 0 Å². The number of halogens is 1. The van der Waals surface area contributed by atoms with E-state index in [0.717, 1.165) is 30.1 Å². The van der Waals surface area contributed by atoms with E-state index in [1.807, 2.05) is 6.07 Å². The summed E-state index contributed by atoms with van der Waals surface area (Å²) >= 11 is 0. The van der Waals surface area contributed by atoms with E-state index in [9.17, 15) is 4.39 Å². The fourth-order valence-electron chi connectivity index (χ4n) is 3.57. The van der Waals surface area contributed by atoms with Gasteiger partial charge in [-0.1, -0.05) is 24.3 Å². The van der Waals surface area contributed by atoms with Gasteiger partial charge in [0.25, 0.3) is 0 Å². The molecule has 3 aromatic rings. The molecular weight excluding hydrogens is 369 g/mol. The average Bonchev–Trinajstić information content (AvgIpc) is 2.75. The molecular formula is C23H24FN3O2. The highest BCUT2D eigenvalue weighted by molar-refractivity contribution is 5.58. The second-order valence-electron chi connectivity index (χ2n) is 7.25. The largest absolute Gasteiger partial charge is 0.496 e. The van der Waals surface area contributed by atoms with Crippen molar-refractivity contribution in [2.75, 3.05) is 26.8 Å². The summed E-state index contributed by atoms with van der Waals surface area (Å²) in [6.45, 7) is 5.00. The van der Waals surface area contributed by atoms with Crippen LogP contribution >= 0.6 is 0 Å². The number of hydrogen-bond donors (Lipinski definition) is 0. The lowest BCUT2D eigenvalue weighted by Crippen LogP contribution is -2.38. The standard InChI is InChI=1S/C23H24FN3O2/c1-16-6-7-18(22(10-16)28-2)14-27-8-9-29-23(15-27)21-13-25-12-20(26-21)17-4-3-5-19(24)11-17/h3-7,10-13,23H,8-9,14-15H2,1-2H3. The first-order valence-corrected chi connectivity index (χ1v) is 9.68. The van der Waals surface area contributed by atoms with Gasteiger partial charge in [-0.2, -0.15) is 0 Å². The Balaban J connectivity index is 1.51. The van der Waals surface area contributed by atoms with Crippen molar-refractivity contribution in [2.45, 2.75) is 19.6 Å². The number of hydrogen-bond acceptors (Lipinski definition) is 5. The maximum absolute atomic E-state index is 13.6. The molecule has 0 spiro atoms. The summed E-state index contributed by atoms with van der Waals surface area (Å²) in [4.78, 5) is 11.3. The van der Waals surface area contributed by atoms with Gasteiger partial charge in [0.1, 0.15) is 17.7 Å². The molecule has 150 valence electrons. The highest BCUT2D eigenvalue weighted by atomic mass is 19.1. The van der Waals surface area contributed by atoms with Crippen molar-refractivity contribution in [1.82, 2.24) is 14.9 Å². The van der Waals surface area contributed by atoms with Crippen molar-refractivity contribution in [1.29, 1.82) is 0 Å². The molecule has 0 bridgehead atoms. The minimum Gasteiger partial charge on any atom is -0.496 e. The highest BCUT2D eigenvalue weighted by Crippen LogP contribution is 2.27. The Bertz CT molecular complexity index is 995. The van der Waals surface area contributed by atoms with E-state index < -0.39 is 0 Å². The van der Waals surface area contributed by atoms with Gasteiger partial charge in [0, 0.05) is 30.8 Å². The Morgan fingerprint density at radius 3 is 2.93 bits per heavy atom. The van der Waals surface area contributed by atoms with Gasteiger partial charge in [0.15, 0.2) is 0 Å². The molecule has 5 nitrogen and oxygen atoms in total. The third-order valence-corrected chi connectivity index (χ3v) is 5.09. The number of methoxy groups -OCH3 is 1. The molecule has 29 heavy (non-hydrogen) atoms. The van der Waals surface area contributed by atoms with Gasteiger partial charge in [-0.05, 0) is 30.7 Å². The predicted molar refractivity (Wildman–Crippen MR) is 109 cm³/mol. The number of morpholine rings is 1. The van der Waals surface area contributed by atoms with E-state index in [1.54, 1.807) is 25.6 Å². The Hall–Kier alpha value is -2.83. The normalized spacial score (nSPS) is 17.3. The average molecular weight is 393 g/mol. The summed E-state index contributed by atoms with van der Waals surface area (Å²) in [5.74, 6) is 0.614. The second kappa shape index (κ2) is 8.68. The van der Waals surface area contributed by atoms with Crippen LogP contribution in [0.3, 0.4) is 0 Å². The Morgan fingerprint density at radius 2 is 2.10 bits per heavy atom. The van der Waals surface area contributed by atoms with E-state index >= 15 is 0 Å². The monoisotopic (exact) mass is 393 g/mol. The third-order valence-electron chi connectivity index (χ3n) is 5.09. The van der Waals surface area contributed by atoms with E-state index in [4.69, 9.17) is 9.47 Å². The Labute approximate surface area is 170 Å². The smallest absolute Gasteiger partial charge is 0.123 e. The summed E-state index contributed by atoms with van der Waals surface area (Å²) in [5.41, 5.74) is 4.43. The summed E-state index contributed by atoms with van der Waals surface area (Å²) in [6.07, 6.45) is 3.20. The lowest BCUT2D eigenvalue weighted by molar-refractivity contribution is -0.0352. The van der Waals surface area contributed by atoms with E-state index in [-0.39, 0.29) is 11.9 Å². The van der Waals surface area contributed by atoms with Gasteiger partial charge in [-0.25, -0.2) is 9.37 Å². The van der Waals surface area contributed by atoms with E-state index in [1.165, 1.54) is 17.7 Å². The molecule has 1 unspecified atom stereocenters. The fourth-order valence-corrected chi connectivity index (χ4v) is 3.57. The minimum atomic E-state index is -0.290. The number of ether oxygens (including phenoxy) is 2. The lowest BCUT2D eigenvalue weighted by Gasteiger charge is -2.33. The molecule has 1 saturated heterocycles. The van der Waals surface area contributed by atoms with Crippen LogP contribution in [0.15, 0.2) is 54.9 Å². The number of aryl methyl sites for hydroxylation is 1. The third kappa shape index (κ3) is 4.60. The number of rotatable bonds is 5. The molecule has 0 N–H and O–H groups in total. The molecule has 2 aromatic carbocycles. The van der Waals surface area contributed by atoms with Gasteiger partial charge >= 0.3 is 0 Å². The van der Waals surface area contributed by atoms with Crippen molar-refractivity contribution >= 4 is 0 Å². The topological polar surface area (TPSA) is 47.5 Å². The molecule has 1 aliphatic rings. The summed E-state index contributed by atoms with van der Waals surface area (Å²) in [7, 11) is 1.70. The SMILES string of the molecule is COc1cc(C)ccc1CN1CCOC(c2cncc(-c3cccc(F)c3)n2)C1. The van der Waals surface area contributed by atoms with Gasteiger partial charge < -0.3 is 9.47 Å². The highest BCUT2D eigenvalue weighted by Gasteiger charge is 2.24. The minimum absolute atomic E-state index is 0.179. The molecule has 0 radical (unpaired) electrons. The second-order valence-corrected chi connectivity index (χ2v) is 7.25. The van der Waals surface area contributed by atoms with Crippen molar-refractivity contribution < 1.29 is 13.9 Å². The number of nitrogens with zero attached hydrogens (tertiary/aromatic N) is 3. The van der Waals surface area contributed by atoms with Crippen LogP contribution in [-0.4, -0.2) is 41.7 Å². The van der Waals surface area contributed by atoms with Crippen LogP contribution in [-0.2, 0) is 11.3 Å². The molecule has 6 heteroatoms. The van der Waals surface area contributed by atoms with Crippen molar-refractivity contribution in [2.24, 2.45) is 0 Å². The molecule has 1 fully saturated rings. The van der Waals surface area contributed by atoms with Gasteiger partial charge in [-0.3, -0.25) is 9.88 Å². The summed E-state index contributed by atoms with van der Waals surface area (Å²) in [6, 6.07) is 12.7. The molecule has 4 rings (SSSR count). The molecule has 2 heterocycles. The predicted octanol–water partition coefficient (Wildman–Crippen LogP) is 4.17. The van der Waals surface area contributed by atoms with E-state index in [0.29, 0.717) is 24.4 Å². The van der Waals surface area contributed by atoms with Gasteiger partial charge in [-0.15, -0.1) is 0 Å². The molecule has 0 aliphatic carbocycles. The zero-order valence-electron chi connectivity index (χ0n) is 16.6. The number of aromatic nitrogens is 2. The summed E-state index contributed by atoms with van der Waals surface area (Å²) < 4.78 is 25.1. The lowest BCUT2D eigenvalue weighted by atomic mass is 10.1. The molecule has 1 atom stereocenters. The van der Waals surface area contributed by atoms with E-state index in [2.05, 4.69) is 40.0 Å². The molecule has 1 aliphatic heterocycles. The maximum Gasteiger partial charge on any atom is 0.123 e. The van der Waals surface area contributed by atoms with Crippen LogP contribution in [0.5, 0.6) is 5.75 Å². The van der Waals surface area contributed by atoms with Crippen LogP contribution in [0.4, 0.5) is 4.39 Å². The Morgan fingerprint density at radius 1 is 1.21 bits per heavy atom. The van der Waals surface area contributed by atoms with Crippen molar-refractivity contribution in [3.05, 3.63) is 77.5 Å². The molecule has 1 aromatic heterocycles. The van der Waals surface area contributed by atoms with Crippen LogP contribution in [0.1, 0.15) is 22.9 Å². The van der Waals surface area contributed by atoms with Crippen LogP contribution in [0.2, 0.25) is 0 Å². The molecule has 0 saturated carbocycles. The quantitative estimate of drug-likeness (QED) is 0.651. The van der Waals surface area contributed by atoms with Gasteiger partial charge in [0.2, 0.25) is 0 Å². The van der Waals surface area contributed by atoms with Crippen LogP contribution in [0, 0.1) is 12.7 Å². The Kier molecular flexibility index (Phi) is 5.83. The zero-order valence-corrected chi connectivity index (χ0v) is 16.6. The van der Waals surface area contributed by atoms with Crippen LogP contribution in [0.25, 0.3) is 11.3 Å². The fraction of sp³-hybridized carbons (Fsp3) is 0.304. The zero-order chi connectivity index (χ0) is 20.2. The number of benzene rings is 2. The summed E-state index contributed by atoms with van der Waals surface area (Å²) in [5, 5.41) is 0. The van der Waals surface area contributed by atoms with Gasteiger partial charge in [0.05, 0.1) is 37.5 Å². The maximum atomic E-state index is 13.6. The first kappa shape index (κ1) is 19.5. The first-order chi connectivity index (χ1) is 14.1. The van der Waals surface area contributed by atoms with Crippen LogP contribution < -0.4 is 4.74 Å².